The molecule has 0 aromatic carbocycles. The van der Waals surface area contributed by atoms with Crippen LogP contribution < -0.4 is 5.73 Å². The number of hydrogen-bond acceptors (Lipinski definition) is 6. The van der Waals surface area contributed by atoms with E-state index in [0.717, 1.165) is 45.2 Å². The van der Waals surface area contributed by atoms with E-state index in [2.05, 4.69) is 22.1 Å². The van der Waals surface area contributed by atoms with E-state index in [9.17, 15) is 4.79 Å². The lowest BCUT2D eigenvalue weighted by atomic mass is 9.74. The zero-order valence-electron chi connectivity index (χ0n) is 17.4. The Kier molecular flexibility index (Phi) is 9.19. The van der Waals surface area contributed by atoms with Gasteiger partial charge in [-0.25, -0.2) is 0 Å². The summed E-state index contributed by atoms with van der Waals surface area (Å²) in [7, 11) is 2.07. The lowest BCUT2D eigenvalue weighted by Crippen LogP contribution is -2.53. The second-order valence-electron chi connectivity index (χ2n) is 8.65. The molecule has 0 radical (unpaired) electrons. The minimum absolute atomic E-state index is 0. The van der Waals surface area contributed by atoms with Gasteiger partial charge in [-0.15, -0.1) is 24.8 Å². The van der Waals surface area contributed by atoms with Crippen molar-refractivity contribution >= 4 is 30.7 Å². The molecule has 3 rings (SSSR count). The summed E-state index contributed by atoms with van der Waals surface area (Å²) in [5.74, 6) is 1.83. The number of likely N-dealkylation sites (tertiary alicyclic amines) is 1. The van der Waals surface area contributed by atoms with Crippen LogP contribution in [-0.2, 0) is 11.3 Å². The van der Waals surface area contributed by atoms with Gasteiger partial charge in [0.25, 0.3) is 0 Å². The zero-order chi connectivity index (χ0) is 18.9. The van der Waals surface area contributed by atoms with Gasteiger partial charge in [-0.2, -0.15) is 4.98 Å². The van der Waals surface area contributed by atoms with E-state index >= 15 is 0 Å². The fourth-order valence-electron chi connectivity index (χ4n) is 4.20. The first-order valence-electron chi connectivity index (χ1n) is 9.88. The first-order valence-corrected chi connectivity index (χ1v) is 9.88. The van der Waals surface area contributed by atoms with Crippen molar-refractivity contribution < 1.29 is 9.32 Å². The molecule has 9 heteroatoms. The maximum absolute atomic E-state index is 13.0. The van der Waals surface area contributed by atoms with Crippen LogP contribution in [0.2, 0.25) is 0 Å². The standard InChI is InChI=1S/C19H33N5O2.2ClH/c1-13(2)17-21-16(22-26-17)12-23(4)14-8-10-24(11-14)18(25)15-7-5-6-9-19(15,3)20;;/h13-15H,5-12,20H2,1-4H3;2*1H. The number of amides is 1. The van der Waals surface area contributed by atoms with Crippen molar-refractivity contribution in [2.24, 2.45) is 11.7 Å². The van der Waals surface area contributed by atoms with Crippen LogP contribution in [0, 0.1) is 5.92 Å². The van der Waals surface area contributed by atoms with Crippen LogP contribution in [0.15, 0.2) is 4.52 Å². The van der Waals surface area contributed by atoms with E-state index in [0.29, 0.717) is 24.3 Å². The van der Waals surface area contributed by atoms with Gasteiger partial charge in [0.1, 0.15) is 0 Å². The first-order chi connectivity index (χ1) is 12.3. The topological polar surface area (TPSA) is 88.5 Å². The monoisotopic (exact) mass is 435 g/mol. The fourth-order valence-corrected chi connectivity index (χ4v) is 4.20. The second-order valence-corrected chi connectivity index (χ2v) is 8.65. The highest BCUT2D eigenvalue weighted by atomic mass is 35.5. The van der Waals surface area contributed by atoms with Crippen molar-refractivity contribution in [2.75, 3.05) is 20.1 Å². The number of carbonyl (C=O) groups is 1. The van der Waals surface area contributed by atoms with Crippen LogP contribution >= 0.6 is 24.8 Å². The number of likely N-dealkylation sites (N-methyl/N-ethyl adjacent to an activating group) is 1. The average molecular weight is 436 g/mol. The Labute approximate surface area is 180 Å². The van der Waals surface area contributed by atoms with Crippen LogP contribution in [0.25, 0.3) is 0 Å². The van der Waals surface area contributed by atoms with Crippen molar-refractivity contribution in [3.63, 3.8) is 0 Å². The third-order valence-corrected chi connectivity index (χ3v) is 6.02. The van der Waals surface area contributed by atoms with E-state index in [1.54, 1.807) is 0 Å². The molecular formula is C19H35Cl2N5O2. The minimum Gasteiger partial charge on any atom is -0.341 e. The van der Waals surface area contributed by atoms with E-state index < -0.39 is 0 Å². The second kappa shape index (κ2) is 10.2. The molecular weight excluding hydrogens is 401 g/mol. The molecule has 2 fully saturated rings. The average Bonchev–Trinajstić information content (AvgIpc) is 3.23. The van der Waals surface area contributed by atoms with Gasteiger partial charge in [-0.05, 0) is 33.2 Å². The Morgan fingerprint density at radius 3 is 2.68 bits per heavy atom. The molecule has 3 atom stereocenters. The summed E-state index contributed by atoms with van der Waals surface area (Å²) in [6.07, 6.45) is 5.08. The van der Waals surface area contributed by atoms with Crippen LogP contribution in [0.5, 0.6) is 0 Å². The summed E-state index contributed by atoms with van der Waals surface area (Å²) in [5.41, 5.74) is 6.07. The molecule has 2 heterocycles. The third-order valence-electron chi connectivity index (χ3n) is 6.02. The van der Waals surface area contributed by atoms with Gasteiger partial charge < -0.3 is 15.2 Å². The van der Waals surface area contributed by atoms with Gasteiger partial charge in [0.2, 0.25) is 11.8 Å². The minimum atomic E-state index is -0.364. The van der Waals surface area contributed by atoms with Crippen molar-refractivity contribution in [3.05, 3.63) is 11.7 Å². The summed E-state index contributed by atoms with van der Waals surface area (Å²) in [4.78, 5) is 21.7. The molecule has 0 bridgehead atoms. The predicted molar refractivity (Wildman–Crippen MR) is 114 cm³/mol. The van der Waals surface area contributed by atoms with E-state index in [-0.39, 0.29) is 48.1 Å². The fraction of sp³-hybridized carbons (Fsp3) is 0.842. The number of carbonyl (C=O) groups excluding carboxylic acids is 1. The SMILES string of the molecule is CC(C)c1nc(CN(C)C2CCN(C(=O)C3CCCCC3(C)N)C2)no1.Cl.Cl. The first kappa shape index (κ1) is 25.1. The summed E-state index contributed by atoms with van der Waals surface area (Å²) >= 11 is 0. The molecule has 1 amide bonds. The number of aromatic nitrogens is 2. The van der Waals surface area contributed by atoms with E-state index in [1.165, 1.54) is 0 Å². The van der Waals surface area contributed by atoms with Gasteiger partial charge in [-0.3, -0.25) is 9.69 Å². The Bertz CT molecular complexity index is 638. The van der Waals surface area contributed by atoms with Crippen molar-refractivity contribution in [2.45, 2.75) is 76.9 Å². The van der Waals surface area contributed by atoms with Crippen molar-refractivity contribution in [3.8, 4) is 0 Å². The molecule has 1 aromatic heterocycles. The Morgan fingerprint density at radius 1 is 1.36 bits per heavy atom. The lowest BCUT2D eigenvalue weighted by Gasteiger charge is -2.39. The molecule has 1 saturated heterocycles. The number of halogens is 2. The Morgan fingerprint density at radius 2 is 2.07 bits per heavy atom. The summed E-state index contributed by atoms with van der Waals surface area (Å²) in [6.45, 7) is 8.33. The van der Waals surface area contributed by atoms with Gasteiger partial charge in [0, 0.05) is 30.6 Å². The smallest absolute Gasteiger partial charge is 0.229 e. The van der Waals surface area contributed by atoms with Crippen LogP contribution in [-0.4, -0.2) is 57.6 Å². The van der Waals surface area contributed by atoms with E-state index in [1.807, 2.05) is 25.7 Å². The highest BCUT2D eigenvalue weighted by molar-refractivity contribution is 5.85. The molecule has 0 spiro atoms. The molecule has 3 unspecified atom stereocenters. The number of nitrogens with two attached hydrogens (primary N) is 1. The zero-order valence-corrected chi connectivity index (χ0v) is 19.0. The normalized spacial score (nSPS) is 27.6. The molecule has 162 valence electrons. The van der Waals surface area contributed by atoms with Crippen LogP contribution in [0.3, 0.4) is 0 Å². The molecule has 2 aliphatic rings. The number of nitrogens with zero attached hydrogens (tertiary/aromatic N) is 4. The highest BCUT2D eigenvalue weighted by Crippen LogP contribution is 2.34. The molecule has 1 saturated carbocycles. The van der Waals surface area contributed by atoms with Gasteiger partial charge in [0.15, 0.2) is 5.82 Å². The van der Waals surface area contributed by atoms with Crippen molar-refractivity contribution in [1.29, 1.82) is 0 Å². The molecule has 1 aliphatic heterocycles. The largest absolute Gasteiger partial charge is 0.341 e. The molecule has 1 aromatic rings. The van der Waals surface area contributed by atoms with E-state index in [4.69, 9.17) is 10.3 Å². The van der Waals surface area contributed by atoms with Gasteiger partial charge in [-0.1, -0.05) is 31.8 Å². The predicted octanol–water partition coefficient (Wildman–Crippen LogP) is 2.98. The molecule has 2 N–H and O–H groups in total. The lowest BCUT2D eigenvalue weighted by molar-refractivity contribution is -0.138. The van der Waals surface area contributed by atoms with Crippen LogP contribution in [0.1, 0.15) is 70.5 Å². The molecule has 28 heavy (non-hydrogen) atoms. The molecule has 1 aliphatic carbocycles. The number of hydrogen-bond donors (Lipinski definition) is 1. The summed E-state index contributed by atoms with van der Waals surface area (Å²) < 4.78 is 5.28. The Balaban J connectivity index is 0.00000196. The van der Waals surface area contributed by atoms with Crippen molar-refractivity contribution in [1.82, 2.24) is 19.9 Å². The third kappa shape index (κ3) is 5.59. The maximum atomic E-state index is 13.0. The number of rotatable bonds is 5. The molecule has 7 nitrogen and oxygen atoms in total. The van der Waals surface area contributed by atoms with Gasteiger partial charge in [0.05, 0.1) is 12.5 Å². The maximum Gasteiger partial charge on any atom is 0.229 e. The van der Waals surface area contributed by atoms with Crippen LogP contribution in [0.4, 0.5) is 0 Å². The summed E-state index contributed by atoms with van der Waals surface area (Å²) in [6, 6.07) is 0.326. The van der Waals surface area contributed by atoms with Gasteiger partial charge >= 0.3 is 0 Å². The quantitative estimate of drug-likeness (QED) is 0.764. The summed E-state index contributed by atoms with van der Waals surface area (Å²) in [5, 5.41) is 4.07. The Hall–Kier alpha value is -0.890. The highest BCUT2D eigenvalue weighted by Gasteiger charge is 2.41.